The molecule has 0 heterocycles. The highest BCUT2D eigenvalue weighted by atomic mass is 16.5. The highest BCUT2D eigenvalue weighted by Gasteiger charge is 2.29. The first-order valence-corrected chi connectivity index (χ1v) is 11.5. The topological polar surface area (TPSA) is 76.7 Å². The lowest BCUT2D eigenvalue weighted by Crippen LogP contribution is -2.33. The van der Waals surface area contributed by atoms with Crippen LogP contribution in [0.4, 0.5) is 11.4 Å². The molecule has 3 aromatic carbocycles. The molecule has 0 aromatic heterocycles. The molecule has 0 saturated carbocycles. The third-order valence-electron chi connectivity index (χ3n) is 5.32. The average molecular weight is 461 g/mol. The van der Waals surface area contributed by atoms with Gasteiger partial charge >= 0.3 is 0 Å². The van der Waals surface area contributed by atoms with Crippen LogP contribution < -0.4 is 20.1 Å². The van der Waals surface area contributed by atoms with Gasteiger partial charge in [0.2, 0.25) is 5.91 Å². The molecule has 6 nitrogen and oxygen atoms in total. The molecule has 3 rings (SSSR count). The Bertz CT molecular complexity index is 1110. The van der Waals surface area contributed by atoms with Crippen molar-refractivity contribution in [2.24, 2.45) is 5.41 Å². The van der Waals surface area contributed by atoms with Crippen molar-refractivity contribution in [2.75, 3.05) is 23.8 Å². The van der Waals surface area contributed by atoms with E-state index >= 15 is 0 Å². The van der Waals surface area contributed by atoms with Crippen LogP contribution in [0, 0.1) is 5.41 Å². The average Bonchev–Trinajstić information content (AvgIpc) is 2.82. The predicted octanol–water partition coefficient (Wildman–Crippen LogP) is 5.94. The standard InChI is InChI=1S/C28H32N2O4/c1-5-33-24-18-23(30-27(32)28(3,4)19-20-13-9-7-10-14-20)25(34-6-2)17-22(24)29-26(31)21-15-11-8-12-16-21/h7-18H,5-6,19H2,1-4H3,(H,29,31)(H,30,32). The highest BCUT2D eigenvalue weighted by Crippen LogP contribution is 2.38. The molecular formula is C28H32N2O4. The smallest absolute Gasteiger partial charge is 0.255 e. The molecule has 3 aromatic rings. The number of hydrogen-bond donors (Lipinski definition) is 2. The van der Waals surface area contributed by atoms with Gasteiger partial charge < -0.3 is 20.1 Å². The van der Waals surface area contributed by atoms with Gasteiger partial charge in [0.1, 0.15) is 11.5 Å². The molecule has 0 unspecified atom stereocenters. The van der Waals surface area contributed by atoms with Gasteiger partial charge in [0.05, 0.1) is 24.6 Å². The van der Waals surface area contributed by atoms with Gasteiger partial charge in [-0.05, 0) is 38.0 Å². The van der Waals surface area contributed by atoms with E-state index in [1.807, 2.05) is 64.1 Å². The van der Waals surface area contributed by atoms with Gasteiger partial charge in [-0.25, -0.2) is 0 Å². The highest BCUT2D eigenvalue weighted by molar-refractivity contribution is 6.05. The lowest BCUT2D eigenvalue weighted by atomic mass is 9.84. The maximum Gasteiger partial charge on any atom is 0.255 e. The van der Waals surface area contributed by atoms with E-state index in [1.165, 1.54) is 0 Å². The summed E-state index contributed by atoms with van der Waals surface area (Å²) < 4.78 is 11.6. The quantitative estimate of drug-likeness (QED) is 0.392. The number of hydrogen-bond acceptors (Lipinski definition) is 4. The molecule has 34 heavy (non-hydrogen) atoms. The van der Waals surface area contributed by atoms with E-state index in [4.69, 9.17) is 9.47 Å². The van der Waals surface area contributed by atoms with Crippen molar-refractivity contribution in [3.05, 3.63) is 83.9 Å². The number of carbonyl (C=O) groups excluding carboxylic acids is 2. The molecule has 0 aliphatic rings. The van der Waals surface area contributed by atoms with Gasteiger partial charge in [0, 0.05) is 23.1 Å². The molecule has 0 radical (unpaired) electrons. The lowest BCUT2D eigenvalue weighted by molar-refractivity contribution is -0.123. The number of amides is 2. The van der Waals surface area contributed by atoms with Crippen LogP contribution in [0.1, 0.15) is 43.6 Å². The Kier molecular flexibility index (Phi) is 8.30. The SMILES string of the molecule is CCOc1cc(NC(=O)C(C)(C)Cc2ccccc2)c(OCC)cc1NC(=O)c1ccccc1. The molecule has 0 fully saturated rings. The molecule has 0 bridgehead atoms. The number of ether oxygens (including phenoxy) is 2. The van der Waals surface area contributed by atoms with Gasteiger partial charge in [-0.15, -0.1) is 0 Å². The van der Waals surface area contributed by atoms with Gasteiger partial charge in [-0.2, -0.15) is 0 Å². The fraction of sp³-hybridized carbons (Fsp3) is 0.286. The number of benzene rings is 3. The van der Waals surface area contributed by atoms with Crippen molar-refractivity contribution in [3.63, 3.8) is 0 Å². The van der Waals surface area contributed by atoms with Crippen molar-refractivity contribution in [1.29, 1.82) is 0 Å². The molecule has 0 atom stereocenters. The second kappa shape index (κ2) is 11.4. The predicted molar refractivity (Wildman–Crippen MR) is 136 cm³/mol. The van der Waals surface area contributed by atoms with Gasteiger partial charge in [-0.3, -0.25) is 9.59 Å². The van der Waals surface area contributed by atoms with Crippen LogP contribution in [0.5, 0.6) is 11.5 Å². The summed E-state index contributed by atoms with van der Waals surface area (Å²) in [5.41, 5.74) is 1.93. The summed E-state index contributed by atoms with van der Waals surface area (Å²) in [7, 11) is 0. The van der Waals surface area contributed by atoms with Crippen molar-refractivity contribution in [3.8, 4) is 11.5 Å². The van der Waals surface area contributed by atoms with E-state index in [0.29, 0.717) is 48.1 Å². The third kappa shape index (κ3) is 6.38. The van der Waals surface area contributed by atoms with Crippen LogP contribution in [-0.4, -0.2) is 25.0 Å². The molecule has 0 spiro atoms. The van der Waals surface area contributed by atoms with Crippen LogP contribution in [-0.2, 0) is 11.2 Å². The van der Waals surface area contributed by atoms with E-state index in [-0.39, 0.29) is 11.8 Å². The summed E-state index contributed by atoms with van der Waals surface area (Å²) in [6.45, 7) is 8.34. The minimum atomic E-state index is -0.656. The Labute approximate surface area is 201 Å². The van der Waals surface area contributed by atoms with Crippen molar-refractivity contribution in [2.45, 2.75) is 34.1 Å². The summed E-state index contributed by atoms with van der Waals surface area (Å²) >= 11 is 0. The zero-order valence-corrected chi connectivity index (χ0v) is 20.2. The largest absolute Gasteiger partial charge is 0.492 e. The first-order valence-electron chi connectivity index (χ1n) is 11.5. The Hall–Kier alpha value is -3.80. The van der Waals surface area contributed by atoms with E-state index < -0.39 is 5.41 Å². The number of rotatable bonds is 10. The number of nitrogens with one attached hydrogen (secondary N) is 2. The van der Waals surface area contributed by atoms with Crippen LogP contribution >= 0.6 is 0 Å². The Morgan fingerprint density at radius 3 is 1.79 bits per heavy atom. The molecule has 178 valence electrons. The molecular weight excluding hydrogens is 428 g/mol. The Balaban J connectivity index is 1.88. The minimum Gasteiger partial charge on any atom is -0.492 e. The first-order chi connectivity index (χ1) is 16.3. The second-order valence-corrected chi connectivity index (χ2v) is 8.53. The molecule has 0 aliphatic heterocycles. The Morgan fingerprint density at radius 1 is 0.765 bits per heavy atom. The summed E-state index contributed by atoms with van der Waals surface area (Å²) in [4.78, 5) is 26.0. The number of anilines is 2. The number of carbonyl (C=O) groups is 2. The zero-order chi connectivity index (χ0) is 24.6. The molecule has 2 N–H and O–H groups in total. The van der Waals surface area contributed by atoms with Gasteiger partial charge in [-0.1, -0.05) is 62.4 Å². The molecule has 2 amide bonds. The van der Waals surface area contributed by atoms with Crippen molar-refractivity contribution < 1.29 is 19.1 Å². The second-order valence-electron chi connectivity index (χ2n) is 8.53. The molecule has 6 heteroatoms. The van der Waals surface area contributed by atoms with E-state index in [0.717, 1.165) is 5.56 Å². The van der Waals surface area contributed by atoms with Crippen molar-refractivity contribution >= 4 is 23.2 Å². The van der Waals surface area contributed by atoms with Gasteiger partial charge in [0.15, 0.2) is 0 Å². The zero-order valence-electron chi connectivity index (χ0n) is 20.2. The van der Waals surface area contributed by atoms with Crippen LogP contribution in [0.25, 0.3) is 0 Å². The lowest BCUT2D eigenvalue weighted by Gasteiger charge is -2.25. The van der Waals surface area contributed by atoms with Crippen molar-refractivity contribution in [1.82, 2.24) is 0 Å². The summed E-state index contributed by atoms with van der Waals surface area (Å²) in [5, 5.41) is 5.91. The monoisotopic (exact) mass is 460 g/mol. The van der Waals surface area contributed by atoms with Crippen LogP contribution in [0.3, 0.4) is 0 Å². The third-order valence-corrected chi connectivity index (χ3v) is 5.32. The first kappa shape index (κ1) is 24.8. The molecule has 0 saturated heterocycles. The minimum absolute atomic E-state index is 0.138. The van der Waals surface area contributed by atoms with E-state index in [9.17, 15) is 9.59 Å². The van der Waals surface area contributed by atoms with Gasteiger partial charge in [0.25, 0.3) is 5.91 Å². The van der Waals surface area contributed by atoms with Crippen LogP contribution in [0.2, 0.25) is 0 Å². The summed E-state index contributed by atoms with van der Waals surface area (Å²) in [5.74, 6) is 0.509. The fourth-order valence-electron chi connectivity index (χ4n) is 3.57. The summed E-state index contributed by atoms with van der Waals surface area (Å²) in [6.07, 6.45) is 0.590. The van der Waals surface area contributed by atoms with E-state index in [2.05, 4.69) is 10.6 Å². The van der Waals surface area contributed by atoms with Crippen LogP contribution in [0.15, 0.2) is 72.8 Å². The normalized spacial score (nSPS) is 10.9. The fourth-order valence-corrected chi connectivity index (χ4v) is 3.57. The Morgan fingerprint density at radius 2 is 1.26 bits per heavy atom. The molecule has 0 aliphatic carbocycles. The van der Waals surface area contributed by atoms with E-state index in [1.54, 1.807) is 36.4 Å². The summed E-state index contributed by atoms with van der Waals surface area (Å²) in [6, 6.07) is 22.2. The maximum absolute atomic E-state index is 13.2. The maximum atomic E-state index is 13.2.